The number of nitrogens with zero attached hydrogens (tertiary/aromatic N) is 6. The molecule has 0 aliphatic carbocycles. The lowest BCUT2D eigenvalue weighted by molar-refractivity contribution is -0.124. The third-order valence-corrected chi connectivity index (χ3v) is 4.96. The summed E-state index contributed by atoms with van der Waals surface area (Å²) in [5.41, 5.74) is 2.23. The number of amides is 2. The summed E-state index contributed by atoms with van der Waals surface area (Å²) in [7, 11) is 0. The lowest BCUT2D eigenvalue weighted by atomic mass is 10.1. The number of aromatic nitrogens is 2. The maximum Gasteiger partial charge on any atom is 0.270 e. The monoisotopic (exact) mass is 378 g/mol. The SMILES string of the molecule is Cc1ccc(N2N=C(C(=O)N3CCN(c4ncccn4)CC3)CCC2=O)cc1. The van der Waals surface area contributed by atoms with E-state index in [9.17, 15) is 9.59 Å². The topological polar surface area (TPSA) is 82.0 Å². The van der Waals surface area contributed by atoms with Gasteiger partial charge in [-0.2, -0.15) is 5.10 Å². The molecular formula is C20H22N6O2. The van der Waals surface area contributed by atoms with Crippen LogP contribution in [0.3, 0.4) is 0 Å². The van der Waals surface area contributed by atoms with Gasteiger partial charge in [0, 0.05) is 51.4 Å². The van der Waals surface area contributed by atoms with Gasteiger partial charge in [0.1, 0.15) is 5.71 Å². The van der Waals surface area contributed by atoms with E-state index in [0.29, 0.717) is 49.9 Å². The summed E-state index contributed by atoms with van der Waals surface area (Å²) in [5.74, 6) is 0.491. The zero-order valence-electron chi connectivity index (χ0n) is 15.8. The van der Waals surface area contributed by atoms with Gasteiger partial charge in [0.25, 0.3) is 5.91 Å². The smallest absolute Gasteiger partial charge is 0.270 e. The number of carbonyl (C=O) groups is 2. The summed E-state index contributed by atoms with van der Waals surface area (Å²) < 4.78 is 0. The van der Waals surface area contributed by atoms with Crippen LogP contribution in [0.4, 0.5) is 11.6 Å². The van der Waals surface area contributed by atoms with Crippen LogP contribution in [0.15, 0.2) is 47.8 Å². The molecule has 4 rings (SSSR count). The molecule has 28 heavy (non-hydrogen) atoms. The maximum absolute atomic E-state index is 12.9. The van der Waals surface area contributed by atoms with Crippen LogP contribution in [0, 0.1) is 6.92 Å². The molecule has 8 nitrogen and oxygen atoms in total. The van der Waals surface area contributed by atoms with Gasteiger partial charge >= 0.3 is 0 Å². The van der Waals surface area contributed by atoms with Crippen molar-refractivity contribution in [3.63, 3.8) is 0 Å². The Bertz CT molecular complexity index is 889. The molecule has 1 aromatic heterocycles. The Morgan fingerprint density at radius 2 is 1.64 bits per heavy atom. The second-order valence-corrected chi connectivity index (χ2v) is 6.92. The minimum Gasteiger partial charge on any atom is -0.337 e. The molecule has 3 heterocycles. The van der Waals surface area contributed by atoms with Crippen molar-refractivity contribution >= 4 is 29.2 Å². The molecule has 0 unspecified atom stereocenters. The lowest BCUT2D eigenvalue weighted by Gasteiger charge is -2.35. The normalized spacial score (nSPS) is 17.5. The molecule has 2 amide bonds. The molecule has 1 fully saturated rings. The fourth-order valence-electron chi connectivity index (χ4n) is 3.34. The summed E-state index contributed by atoms with van der Waals surface area (Å²) in [6.07, 6.45) is 4.10. The zero-order chi connectivity index (χ0) is 19.5. The van der Waals surface area contributed by atoms with E-state index in [1.54, 1.807) is 23.4 Å². The molecule has 2 aliphatic heterocycles. The third-order valence-electron chi connectivity index (χ3n) is 4.96. The highest BCUT2D eigenvalue weighted by Crippen LogP contribution is 2.21. The maximum atomic E-state index is 12.9. The molecule has 0 saturated carbocycles. The molecular weight excluding hydrogens is 356 g/mol. The Kier molecular flexibility index (Phi) is 5.01. The van der Waals surface area contributed by atoms with Crippen molar-refractivity contribution in [2.75, 3.05) is 36.1 Å². The lowest BCUT2D eigenvalue weighted by Crippen LogP contribution is -2.52. The predicted molar refractivity (Wildman–Crippen MR) is 106 cm³/mol. The molecule has 144 valence electrons. The van der Waals surface area contributed by atoms with E-state index in [1.807, 2.05) is 31.2 Å². The minimum atomic E-state index is -0.0989. The standard InChI is InChI=1S/C20H22N6O2/c1-15-3-5-16(6-4-15)26-18(27)8-7-17(23-26)19(28)24-11-13-25(14-12-24)20-21-9-2-10-22-20/h2-6,9-10H,7-8,11-14H2,1H3. The number of piperazine rings is 1. The van der Waals surface area contributed by atoms with Gasteiger partial charge in [-0.05, 0) is 25.1 Å². The van der Waals surface area contributed by atoms with Crippen LogP contribution in [0.25, 0.3) is 0 Å². The van der Waals surface area contributed by atoms with Crippen molar-refractivity contribution in [3.8, 4) is 0 Å². The Hall–Kier alpha value is -3.29. The quantitative estimate of drug-likeness (QED) is 0.811. The largest absolute Gasteiger partial charge is 0.337 e. The number of hydrogen-bond donors (Lipinski definition) is 0. The van der Waals surface area contributed by atoms with Gasteiger partial charge in [-0.1, -0.05) is 17.7 Å². The van der Waals surface area contributed by atoms with E-state index in [0.717, 1.165) is 5.56 Å². The van der Waals surface area contributed by atoms with Gasteiger partial charge < -0.3 is 9.80 Å². The molecule has 2 aliphatic rings. The Labute approximate surface area is 163 Å². The fraction of sp³-hybridized carbons (Fsp3) is 0.350. The number of hydrogen-bond acceptors (Lipinski definition) is 6. The molecule has 0 N–H and O–H groups in total. The van der Waals surface area contributed by atoms with Gasteiger partial charge in [-0.25, -0.2) is 15.0 Å². The number of aryl methyl sites for hydroxylation is 1. The highest BCUT2D eigenvalue weighted by Gasteiger charge is 2.30. The first-order chi connectivity index (χ1) is 13.6. The Morgan fingerprint density at radius 1 is 0.964 bits per heavy atom. The number of rotatable bonds is 3. The predicted octanol–water partition coefficient (Wildman–Crippen LogP) is 1.62. The molecule has 2 aromatic rings. The average molecular weight is 378 g/mol. The van der Waals surface area contributed by atoms with Gasteiger partial charge in [0.2, 0.25) is 11.9 Å². The summed E-state index contributed by atoms with van der Waals surface area (Å²) in [6, 6.07) is 9.34. The fourth-order valence-corrected chi connectivity index (χ4v) is 3.34. The van der Waals surface area contributed by atoms with Crippen LogP contribution in [-0.4, -0.2) is 58.6 Å². The van der Waals surface area contributed by atoms with Crippen molar-refractivity contribution in [1.82, 2.24) is 14.9 Å². The highest BCUT2D eigenvalue weighted by atomic mass is 16.2. The van der Waals surface area contributed by atoms with Gasteiger partial charge in [-0.15, -0.1) is 0 Å². The molecule has 0 atom stereocenters. The summed E-state index contributed by atoms with van der Waals surface area (Å²) in [6.45, 7) is 4.48. The second kappa shape index (κ2) is 7.75. The van der Waals surface area contributed by atoms with Gasteiger partial charge in [0.15, 0.2) is 0 Å². The third kappa shape index (κ3) is 3.71. The van der Waals surface area contributed by atoms with E-state index in [4.69, 9.17) is 0 Å². The van der Waals surface area contributed by atoms with E-state index in [2.05, 4.69) is 20.0 Å². The van der Waals surface area contributed by atoms with Gasteiger partial charge in [0.05, 0.1) is 5.69 Å². The number of benzene rings is 1. The second-order valence-electron chi connectivity index (χ2n) is 6.92. The van der Waals surface area contributed by atoms with Crippen molar-refractivity contribution in [1.29, 1.82) is 0 Å². The van der Waals surface area contributed by atoms with Crippen LogP contribution in [0.1, 0.15) is 18.4 Å². The highest BCUT2D eigenvalue weighted by molar-refractivity contribution is 6.40. The number of anilines is 2. The van der Waals surface area contributed by atoms with Crippen LogP contribution in [0.5, 0.6) is 0 Å². The summed E-state index contributed by atoms with van der Waals surface area (Å²) >= 11 is 0. The van der Waals surface area contributed by atoms with E-state index in [-0.39, 0.29) is 18.2 Å². The van der Waals surface area contributed by atoms with Crippen LogP contribution >= 0.6 is 0 Å². The zero-order valence-corrected chi connectivity index (χ0v) is 15.8. The molecule has 8 heteroatoms. The van der Waals surface area contributed by atoms with Crippen LogP contribution < -0.4 is 9.91 Å². The number of carbonyl (C=O) groups excluding carboxylic acids is 2. The Balaban J connectivity index is 1.45. The first kappa shape index (κ1) is 18.1. The summed E-state index contributed by atoms with van der Waals surface area (Å²) in [4.78, 5) is 37.6. The first-order valence-electron chi connectivity index (χ1n) is 9.40. The van der Waals surface area contributed by atoms with Gasteiger partial charge in [-0.3, -0.25) is 9.59 Å². The molecule has 1 saturated heterocycles. The minimum absolute atomic E-state index is 0.0913. The Morgan fingerprint density at radius 3 is 2.32 bits per heavy atom. The molecule has 0 spiro atoms. The average Bonchev–Trinajstić information content (AvgIpc) is 2.75. The van der Waals surface area contributed by atoms with E-state index < -0.39 is 0 Å². The van der Waals surface area contributed by atoms with Crippen molar-refractivity contribution in [2.24, 2.45) is 5.10 Å². The van der Waals surface area contributed by atoms with Crippen molar-refractivity contribution in [3.05, 3.63) is 48.3 Å². The van der Waals surface area contributed by atoms with Crippen LogP contribution in [-0.2, 0) is 9.59 Å². The van der Waals surface area contributed by atoms with Crippen LogP contribution in [0.2, 0.25) is 0 Å². The summed E-state index contributed by atoms with van der Waals surface area (Å²) in [5, 5.41) is 5.74. The molecule has 0 bridgehead atoms. The van der Waals surface area contributed by atoms with Crippen molar-refractivity contribution < 1.29 is 9.59 Å². The number of hydrazone groups is 1. The molecule has 0 radical (unpaired) electrons. The van der Waals surface area contributed by atoms with Crippen molar-refractivity contribution in [2.45, 2.75) is 19.8 Å². The molecule has 1 aromatic carbocycles. The first-order valence-corrected chi connectivity index (χ1v) is 9.40. The van der Waals surface area contributed by atoms with E-state index in [1.165, 1.54) is 5.01 Å². The van der Waals surface area contributed by atoms with E-state index >= 15 is 0 Å².